The highest BCUT2D eigenvalue weighted by atomic mass is 15.1. The summed E-state index contributed by atoms with van der Waals surface area (Å²) in [5.74, 6) is 0. The number of rotatable bonds is 3. The lowest BCUT2D eigenvalue weighted by Gasteiger charge is -2.26. The lowest BCUT2D eigenvalue weighted by Crippen LogP contribution is -2.19. The summed E-state index contributed by atoms with van der Waals surface area (Å²) >= 11 is 0. The number of aromatic amines is 2. The number of hydrogen-bond acceptors (Lipinski definition) is 4. The van der Waals surface area contributed by atoms with Crippen LogP contribution >= 0.6 is 0 Å². The second-order valence-corrected chi connectivity index (χ2v) is 6.89. The average Bonchev–Trinajstić information content (AvgIpc) is 3.37. The van der Waals surface area contributed by atoms with E-state index in [9.17, 15) is 0 Å². The van der Waals surface area contributed by atoms with Crippen LogP contribution in [0.3, 0.4) is 0 Å². The fourth-order valence-corrected chi connectivity index (χ4v) is 3.86. The molecule has 132 valence electrons. The normalized spacial score (nSPS) is 16.0. The van der Waals surface area contributed by atoms with Crippen molar-refractivity contribution in [3.63, 3.8) is 0 Å². The number of nitrogens with one attached hydrogen (secondary N) is 3. The van der Waals surface area contributed by atoms with Gasteiger partial charge in [-0.2, -0.15) is 10.4 Å². The van der Waals surface area contributed by atoms with E-state index in [2.05, 4.69) is 43.7 Å². The predicted octanol–water partition coefficient (Wildman–Crippen LogP) is 4.31. The lowest BCUT2D eigenvalue weighted by molar-refractivity contribution is 0.583. The Morgan fingerprint density at radius 3 is 3.04 bits per heavy atom. The third kappa shape index (κ3) is 2.74. The molecular formula is C21H18N6. The number of aryl methyl sites for hydroxylation is 1. The van der Waals surface area contributed by atoms with Crippen LogP contribution in [-0.4, -0.2) is 20.2 Å². The molecule has 0 saturated carbocycles. The molecule has 6 heteroatoms. The topological polar surface area (TPSA) is 93.2 Å². The van der Waals surface area contributed by atoms with Gasteiger partial charge in [-0.15, -0.1) is 0 Å². The predicted molar refractivity (Wildman–Crippen MR) is 104 cm³/mol. The van der Waals surface area contributed by atoms with Crippen LogP contribution in [0.1, 0.15) is 35.7 Å². The van der Waals surface area contributed by atoms with E-state index in [4.69, 9.17) is 5.26 Å². The highest BCUT2D eigenvalue weighted by molar-refractivity contribution is 5.94. The fraction of sp³-hybridized carbons (Fsp3) is 0.190. The molecule has 1 atom stereocenters. The quantitative estimate of drug-likeness (QED) is 0.511. The summed E-state index contributed by atoms with van der Waals surface area (Å²) in [4.78, 5) is 7.79. The van der Waals surface area contributed by atoms with Gasteiger partial charge < -0.3 is 10.3 Å². The third-order valence-corrected chi connectivity index (χ3v) is 5.16. The molecule has 0 spiro atoms. The SMILES string of the molecule is N#Cc1cnc2c(c1)CCCC2Nc1ccc2[nH]nc(-c3ccc[nH]3)c2c1. The zero-order valence-electron chi connectivity index (χ0n) is 14.7. The second kappa shape index (κ2) is 6.29. The standard InChI is InChI=1S/C21H18N6/c22-11-13-9-14-3-1-4-19(20(14)24-12-13)25-15-6-7-17-16(10-15)21(27-26-17)18-5-2-8-23-18/h2,5-10,12,19,23,25H,1,3-4H2,(H,26,27). The molecule has 3 aromatic heterocycles. The molecule has 1 aliphatic rings. The van der Waals surface area contributed by atoms with Crippen molar-refractivity contribution >= 4 is 16.6 Å². The van der Waals surface area contributed by atoms with Crippen molar-refractivity contribution in [3.8, 4) is 17.5 Å². The van der Waals surface area contributed by atoms with Crippen molar-refractivity contribution in [2.75, 3.05) is 5.32 Å². The molecule has 0 amide bonds. The number of aromatic nitrogens is 4. The van der Waals surface area contributed by atoms with Crippen molar-refractivity contribution in [1.82, 2.24) is 20.2 Å². The van der Waals surface area contributed by atoms with E-state index in [0.717, 1.165) is 52.9 Å². The van der Waals surface area contributed by atoms with Crippen LogP contribution in [0, 0.1) is 11.3 Å². The number of anilines is 1. The van der Waals surface area contributed by atoms with Crippen molar-refractivity contribution in [3.05, 3.63) is 65.6 Å². The highest BCUT2D eigenvalue weighted by Crippen LogP contribution is 2.33. The number of benzene rings is 1. The summed E-state index contributed by atoms with van der Waals surface area (Å²) in [6.07, 6.45) is 6.66. The Balaban J connectivity index is 1.49. The molecule has 0 radical (unpaired) electrons. The minimum Gasteiger partial charge on any atom is -0.377 e. The minimum atomic E-state index is 0.153. The van der Waals surface area contributed by atoms with E-state index in [1.54, 1.807) is 6.20 Å². The van der Waals surface area contributed by atoms with E-state index < -0.39 is 0 Å². The Morgan fingerprint density at radius 1 is 1.22 bits per heavy atom. The molecular weight excluding hydrogens is 336 g/mol. The Labute approximate surface area is 156 Å². The van der Waals surface area contributed by atoms with Gasteiger partial charge in [0, 0.05) is 23.5 Å². The Kier molecular flexibility index (Phi) is 3.65. The van der Waals surface area contributed by atoms with E-state index in [0.29, 0.717) is 5.56 Å². The molecule has 4 aromatic rings. The number of nitrogens with zero attached hydrogens (tertiary/aromatic N) is 3. The molecule has 1 aromatic carbocycles. The molecule has 0 fully saturated rings. The molecule has 1 aliphatic carbocycles. The Hall–Kier alpha value is -3.59. The van der Waals surface area contributed by atoms with Gasteiger partial charge in [0.25, 0.3) is 0 Å². The number of H-pyrrole nitrogens is 2. The highest BCUT2D eigenvalue weighted by Gasteiger charge is 2.22. The van der Waals surface area contributed by atoms with Crippen LogP contribution in [0.5, 0.6) is 0 Å². The zero-order valence-corrected chi connectivity index (χ0v) is 14.7. The van der Waals surface area contributed by atoms with Gasteiger partial charge in [-0.25, -0.2) is 0 Å². The molecule has 1 unspecified atom stereocenters. The van der Waals surface area contributed by atoms with Crippen LogP contribution in [0.15, 0.2) is 48.8 Å². The van der Waals surface area contributed by atoms with Gasteiger partial charge in [0.2, 0.25) is 0 Å². The molecule has 0 saturated heterocycles. The number of hydrogen-bond donors (Lipinski definition) is 3. The maximum absolute atomic E-state index is 9.11. The van der Waals surface area contributed by atoms with E-state index in [-0.39, 0.29) is 6.04 Å². The van der Waals surface area contributed by atoms with Crippen LogP contribution in [-0.2, 0) is 6.42 Å². The minimum absolute atomic E-state index is 0.153. The zero-order chi connectivity index (χ0) is 18.2. The summed E-state index contributed by atoms with van der Waals surface area (Å²) in [6, 6.07) is 14.5. The first kappa shape index (κ1) is 15.6. The van der Waals surface area contributed by atoms with Crippen molar-refractivity contribution in [1.29, 1.82) is 5.26 Å². The summed E-state index contributed by atoms with van der Waals surface area (Å²) in [7, 11) is 0. The third-order valence-electron chi connectivity index (χ3n) is 5.16. The molecule has 27 heavy (non-hydrogen) atoms. The van der Waals surface area contributed by atoms with Crippen molar-refractivity contribution in [2.45, 2.75) is 25.3 Å². The number of fused-ring (bicyclic) bond motifs is 2. The number of pyridine rings is 1. The summed E-state index contributed by atoms with van der Waals surface area (Å²) < 4.78 is 0. The first-order valence-corrected chi connectivity index (χ1v) is 9.09. The summed E-state index contributed by atoms with van der Waals surface area (Å²) in [5, 5.41) is 21.4. The Bertz CT molecular complexity index is 1150. The van der Waals surface area contributed by atoms with Gasteiger partial charge in [0.05, 0.1) is 28.5 Å². The van der Waals surface area contributed by atoms with Crippen LogP contribution < -0.4 is 5.32 Å². The van der Waals surface area contributed by atoms with Gasteiger partial charge in [-0.3, -0.25) is 10.1 Å². The average molecular weight is 354 g/mol. The molecule has 5 rings (SSSR count). The molecule has 3 heterocycles. The van der Waals surface area contributed by atoms with Crippen LogP contribution in [0.25, 0.3) is 22.3 Å². The largest absolute Gasteiger partial charge is 0.377 e. The van der Waals surface area contributed by atoms with Gasteiger partial charge in [0.1, 0.15) is 11.8 Å². The smallest absolute Gasteiger partial charge is 0.116 e. The summed E-state index contributed by atoms with van der Waals surface area (Å²) in [6.45, 7) is 0. The molecule has 0 aliphatic heterocycles. The van der Waals surface area contributed by atoms with E-state index in [1.807, 2.05) is 30.5 Å². The maximum atomic E-state index is 9.11. The molecule has 6 nitrogen and oxygen atoms in total. The monoisotopic (exact) mass is 354 g/mol. The second-order valence-electron chi connectivity index (χ2n) is 6.89. The van der Waals surface area contributed by atoms with Crippen LogP contribution in [0.4, 0.5) is 5.69 Å². The van der Waals surface area contributed by atoms with Gasteiger partial charge in [-0.05, 0) is 61.2 Å². The van der Waals surface area contributed by atoms with Crippen molar-refractivity contribution in [2.24, 2.45) is 0 Å². The first-order valence-electron chi connectivity index (χ1n) is 9.09. The first-order chi connectivity index (χ1) is 13.3. The fourth-order valence-electron chi connectivity index (χ4n) is 3.86. The van der Waals surface area contributed by atoms with Crippen molar-refractivity contribution < 1.29 is 0 Å². The van der Waals surface area contributed by atoms with E-state index >= 15 is 0 Å². The van der Waals surface area contributed by atoms with E-state index in [1.165, 1.54) is 5.56 Å². The van der Waals surface area contributed by atoms with Crippen LogP contribution in [0.2, 0.25) is 0 Å². The van der Waals surface area contributed by atoms with Gasteiger partial charge in [-0.1, -0.05) is 0 Å². The van der Waals surface area contributed by atoms with Gasteiger partial charge >= 0.3 is 0 Å². The maximum Gasteiger partial charge on any atom is 0.116 e. The lowest BCUT2D eigenvalue weighted by atomic mass is 9.91. The Morgan fingerprint density at radius 2 is 2.19 bits per heavy atom. The number of nitriles is 1. The van der Waals surface area contributed by atoms with Gasteiger partial charge in [0.15, 0.2) is 0 Å². The molecule has 3 N–H and O–H groups in total. The summed E-state index contributed by atoms with van der Waals surface area (Å²) in [5.41, 5.74) is 6.81. The molecule has 0 bridgehead atoms.